The molecule has 0 radical (unpaired) electrons. The Bertz CT molecular complexity index is 906. The van der Waals surface area contributed by atoms with E-state index in [0.717, 1.165) is 24.1 Å². The summed E-state index contributed by atoms with van der Waals surface area (Å²) in [5.74, 6) is -0.187. The molecule has 1 N–H and O–H groups in total. The first-order chi connectivity index (χ1) is 12.0. The summed E-state index contributed by atoms with van der Waals surface area (Å²) in [6.45, 7) is 4.26. The third-order valence-corrected chi connectivity index (χ3v) is 5.59. The maximum Gasteiger partial charge on any atom is 0.258 e. The van der Waals surface area contributed by atoms with Crippen molar-refractivity contribution in [1.82, 2.24) is 4.72 Å². The van der Waals surface area contributed by atoms with Gasteiger partial charge in [0, 0.05) is 24.3 Å². The molecule has 0 saturated carbocycles. The third kappa shape index (κ3) is 3.65. The van der Waals surface area contributed by atoms with Gasteiger partial charge in [-0.2, -0.15) is 0 Å². The van der Waals surface area contributed by atoms with Gasteiger partial charge in [0.15, 0.2) is 0 Å². The molecule has 0 atom stereocenters. The molecule has 130 valence electrons. The van der Waals surface area contributed by atoms with Crippen molar-refractivity contribution in [3.05, 3.63) is 72.3 Å². The van der Waals surface area contributed by atoms with Gasteiger partial charge in [0.25, 0.3) is 5.91 Å². The van der Waals surface area contributed by atoms with Crippen LogP contribution in [-0.4, -0.2) is 27.4 Å². The predicted octanol–water partition coefficient (Wildman–Crippen LogP) is 2.74. The highest BCUT2D eigenvalue weighted by Crippen LogP contribution is 2.28. The van der Waals surface area contributed by atoms with Gasteiger partial charge in [-0.1, -0.05) is 30.3 Å². The summed E-state index contributed by atoms with van der Waals surface area (Å²) < 4.78 is 26.9. The number of nitrogens with zero attached hydrogens (tertiary/aromatic N) is 1. The fraction of sp³-hybridized carbons (Fsp3) is 0.211. The molecule has 0 unspecified atom stereocenters. The van der Waals surface area contributed by atoms with E-state index in [1.807, 2.05) is 24.3 Å². The van der Waals surface area contributed by atoms with Crippen LogP contribution in [0.2, 0.25) is 0 Å². The molecule has 3 rings (SSSR count). The number of benzene rings is 2. The molecule has 25 heavy (non-hydrogen) atoms. The molecule has 0 fully saturated rings. The van der Waals surface area contributed by atoms with E-state index in [1.54, 1.807) is 17.0 Å². The lowest BCUT2D eigenvalue weighted by Crippen LogP contribution is -2.35. The molecular weight excluding hydrogens is 336 g/mol. The Balaban J connectivity index is 1.92. The molecule has 0 spiro atoms. The minimum absolute atomic E-state index is 0.0745. The quantitative estimate of drug-likeness (QED) is 0.838. The first-order valence-corrected chi connectivity index (χ1v) is 9.61. The molecule has 0 aromatic heterocycles. The van der Waals surface area contributed by atoms with Crippen molar-refractivity contribution in [2.45, 2.75) is 17.7 Å². The maximum atomic E-state index is 13.0. The second-order valence-corrected chi connectivity index (χ2v) is 7.62. The van der Waals surface area contributed by atoms with E-state index in [0.29, 0.717) is 12.1 Å². The lowest BCUT2D eigenvalue weighted by atomic mass is 10.0. The predicted molar refractivity (Wildman–Crippen MR) is 98.3 cm³/mol. The minimum Gasteiger partial charge on any atom is -0.308 e. The van der Waals surface area contributed by atoms with Gasteiger partial charge in [-0.15, -0.1) is 6.58 Å². The zero-order valence-corrected chi connectivity index (χ0v) is 14.6. The molecular formula is C19H20N2O3S. The number of nitrogens with one attached hydrogen (secondary N) is 1. The number of carbonyl (C=O) groups excluding carboxylic acids is 1. The molecule has 2 aromatic rings. The van der Waals surface area contributed by atoms with Gasteiger partial charge in [-0.05, 0) is 42.7 Å². The first kappa shape index (κ1) is 17.4. The van der Waals surface area contributed by atoms with Crippen LogP contribution in [0.4, 0.5) is 5.69 Å². The summed E-state index contributed by atoms with van der Waals surface area (Å²) in [6, 6.07) is 14.0. The van der Waals surface area contributed by atoms with Gasteiger partial charge in [-0.25, -0.2) is 13.1 Å². The zero-order valence-electron chi connectivity index (χ0n) is 13.8. The number of aryl methyl sites for hydroxylation is 1. The summed E-state index contributed by atoms with van der Waals surface area (Å²) in [5, 5.41) is 0. The Hall–Kier alpha value is -2.44. The van der Waals surface area contributed by atoms with E-state index in [2.05, 4.69) is 11.3 Å². The van der Waals surface area contributed by atoms with E-state index < -0.39 is 10.0 Å². The van der Waals surface area contributed by atoms with Crippen LogP contribution in [0.15, 0.2) is 66.1 Å². The van der Waals surface area contributed by atoms with Crippen LogP contribution in [0.5, 0.6) is 0 Å². The topological polar surface area (TPSA) is 66.5 Å². The second kappa shape index (κ2) is 7.21. The van der Waals surface area contributed by atoms with Gasteiger partial charge >= 0.3 is 0 Å². The molecule has 0 saturated heterocycles. The van der Waals surface area contributed by atoms with Crippen molar-refractivity contribution in [3.63, 3.8) is 0 Å². The Labute approximate surface area is 148 Å². The number of rotatable bonds is 5. The number of para-hydroxylation sites is 1. The average molecular weight is 356 g/mol. The van der Waals surface area contributed by atoms with Crippen molar-refractivity contribution >= 4 is 21.6 Å². The number of carbonyl (C=O) groups is 1. The lowest BCUT2D eigenvalue weighted by molar-refractivity contribution is 0.0985. The van der Waals surface area contributed by atoms with Crippen LogP contribution in [0, 0.1) is 0 Å². The van der Waals surface area contributed by atoms with Crippen LogP contribution in [-0.2, 0) is 16.4 Å². The van der Waals surface area contributed by atoms with Crippen LogP contribution in [0.1, 0.15) is 22.3 Å². The Morgan fingerprint density at radius 1 is 1.20 bits per heavy atom. The van der Waals surface area contributed by atoms with E-state index in [9.17, 15) is 13.2 Å². The fourth-order valence-electron chi connectivity index (χ4n) is 2.95. The summed E-state index contributed by atoms with van der Waals surface area (Å²) in [4.78, 5) is 14.7. The molecule has 2 aromatic carbocycles. The third-order valence-electron chi connectivity index (χ3n) is 4.16. The molecule has 1 heterocycles. The fourth-order valence-corrected chi connectivity index (χ4v) is 3.99. The summed E-state index contributed by atoms with van der Waals surface area (Å²) >= 11 is 0. The van der Waals surface area contributed by atoms with Crippen LogP contribution in [0.3, 0.4) is 0 Å². The molecule has 5 nitrogen and oxygen atoms in total. The number of fused-ring (bicyclic) bond motifs is 1. The summed E-state index contributed by atoms with van der Waals surface area (Å²) in [7, 11) is -3.66. The molecule has 1 aliphatic rings. The lowest BCUT2D eigenvalue weighted by Gasteiger charge is -2.29. The Morgan fingerprint density at radius 2 is 2.00 bits per heavy atom. The van der Waals surface area contributed by atoms with Crippen LogP contribution < -0.4 is 9.62 Å². The van der Waals surface area contributed by atoms with Gasteiger partial charge in [0.1, 0.15) is 0 Å². The molecule has 0 bridgehead atoms. The van der Waals surface area contributed by atoms with Crippen LogP contribution >= 0.6 is 0 Å². The van der Waals surface area contributed by atoms with Gasteiger partial charge < -0.3 is 4.90 Å². The van der Waals surface area contributed by atoms with Crippen molar-refractivity contribution in [2.24, 2.45) is 0 Å². The maximum absolute atomic E-state index is 13.0. The Kier molecular flexibility index (Phi) is 5.01. The number of anilines is 1. The van der Waals surface area contributed by atoms with Crippen molar-refractivity contribution in [2.75, 3.05) is 18.0 Å². The monoisotopic (exact) mass is 356 g/mol. The van der Waals surface area contributed by atoms with E-state index in [4.69, 9.17) is 0 Å². The standard InChI is InChI=1S/C19H20N2O3S/c1-2-12-20-25(23,24)17-10-5-8-16(14-17)19(22)21-13-6-9-15-7-3-4-11-18(15)21/h2-5,7-8,10-11,14,20H,1,6,9,12-13H2. The van der Waals surface area contributed by atoms with Gasteiger partial charge in [0.2, 0.25) is 10.0 Å². The van der Waals surface area contributed by atoms with Gasteiger partial charge in [0.05, 0.1) is 4.90 Å². The van der Waals surface area contributed by atoms with Crippen molar-refractivity contribution < 1.29 is 13.2 Å². The number of amides is 1. The highest BCUT2D eigenvalue weighted by molar-refractivity contribution is 7.89. The average Bonchev–Trinajstić information content (AvgIpc) is 2.65. The number of hydrogen-bond donors (Lipinski definition) is 1. The number of hydrogen-bond acceptors (Lipinski definition) is 3. The van der Waals surface area contributed by atoms with Crippen LogP contribution in [0.25, 0.3) is 0 Å². The van der Waals surface area contributed by atoms with Gasteiger partial charge in [-0.3, -0.25) is 4.79 Å². The molecule has 0 aliphatic carbocycles. The van der Waals surface area contributed by atoms with Crippen molar-refractivity contribution in [1.29, 1.82) is 0 Å². The van der Waals surface area contributed by atoms with E-state index in [-0.39, 0.29) is 17.3 Å². The number of sulfonamides is 1. The highest BCUT2D eigenvalue weighted by atomic mass is 32.2. The second-order valence-electron chi connectivity index (χ2n) is 5.86. The Morgan fingerprint density at radius 3 is 2.80 bits per heavy atom. The SMILES string of the molecule is C=CCNS(=O)(=O)c1cccc(C(=O)N2CCCc3ccccc32)c1. The summed E-state index contributed by atoms with van der Waals surface area (Å²) in [6.07, 6.45) is 3.30. The smallest absolute Gasteiger partial charge is 0.258 e. The molecule has 1 aliphatic heterocycles. The van der Waals surface area contributed by atoms with Crippen molar-refractivity contribution in [3.8, 4) is 0 Å². The summed E-state index contributed by atoms with van der Waals surface area (Å²) in [5.41, 5.74) is 2.40. The minimum atomic E-state index is -3.66. The zero-order chi connectivity index (χ0) is 17.9. The molecule has 1 amide bonds. The molecule has 6 heteroatoms. The van der Waals surface area contributed by atoms with E-state index >= 15 is 0 Å². The largest absolute Gasteiger partial charge is 0.308 e. The normalized spacial score (nSPS) is 14.0. The first-order valence-electron chi connectivity index (χ1n) is 8.13. The highest BCUT2D eigenvalue weighted by Gasteiger charge is 2.24. The van der Waals surface area contributed by atoms with E-state index in [1.165, 1.54) is 18.2 Å².